The monoisotopic (exact) mass is 239 g/mol. The standard InChI is InChI=1S/C11H17N3O3/c1-11(3-2-5-16-11)10-13-9(17-14-10)8-7-12-4-6-15-8/h8,12H,2-7H2,1H3. The first-order valence-corrected chi connectivity index (χ1v) is 6.08. The molecule has 2 unspecified atom stereocenters. The molecule has 0 aromatic carbocycles. The van der Waals surface area contributed by atoms with Crippen LogP contribution in [0.4, 0.5) is 0 Å². The van der Waals surface area contributed by atoms with Gasteiger partial charge >= 0.3 is 0 Å². The van der Waals surface area contributed by atoms with E-state index in [2.05, 4.69) is 15.5 Å². The Hall–Kier alpha value is -0.980. The van der Waals surface area contributed by atoms with Crippen molar-refractivity contribution in [2.24, 2.45) is 0 Å². The van der Waals surface area contributed by atoms with E-state index in [1.54, 1.807) is 0 Å². The van der Waals surface area contributed by atoms with E-state index in [9.17, 15) is 0 Å². The maximum Gasteiger partial charge on any atom is 0.257 e. The van der Waals surface area contributed by atoms with Crippen LogP contribution in [0.1, 0.15) is 37.6 Å². The van der Waals surface area contributed by atoms with E-state index >= 15 is 0 Å². The molecule has 17 heavy (non-hydrogen) atoms. The molecular formula is C11H17N3O3. The van der Waals surface area contributed by atoms with Crippen LogP contribution in [0.2, 0.25) is 0 Å². The molecule has 1 aromatic heterocycles. The van der Waals surface area contributed by atoms with Gasteiger partial charge in [0.1, 0.15) is 11.7 Å². The average molecular weight is 239 g/mol. The Labute approximate surface area is 99.7 Å². The van der Waals surface area contributed by atoms with Crippen LogP contribution in [0.15, 0.2) is 4.52 Å². The molecule has 2 aliphatic rings. The van der Waals surface area contributed by atoms with Gasteiger partial charge in [-0.15, -0.1) is 0 Å². The van der Waals surface area contributed by atoms with Crippen LogP contribution in [0.25, 0.3) is 0 Å². The molecule has 6 nitrogen and oxygen atoms in total. The minimum absolute atomic E-state index is 0.130. The SMILES string of the molecule is CC1(c2noc(C3CNCCO3)n2)CCCO1. The normalized spacial score (nSPS) is 34.1. The van der Waals surface area contributed by atoms with E-state index in [4.69, 9.17) is 14.0 Å². The lowest BCUT2D eigenvalue weighted by Crippen LogP contribution is -2.33. The molecule has 0 saturated carbocycles. The van der Waals surface area contributed by atoms with Crippen molar-refractivity contribution in [3.05, 3.63) is 11.7 Å². The molecule has 0 bridgehead atoms. The van der Waals surface area contributed by atoms with Crippen molar-refractivity contribution >= 4 is 0 Å². The lowest BCUT2D eigenvalue weighted by atomic mass is 10.0. The van der Waals surface area contributed by atoms with Crippen LogP contribution in [-0.4, -0.2) is 36.4 Å². The van der Waals surface area contributed by atoms with Gasteiger partial charge in [-0.25, -0.2) is 0 Å². The van der Waals surface area contributed by atoms with E-state index < -0.39 is 0 Å². The molecule has 2 atom stereocenters. The van der Waals surface area contributed by atoms with Crippen molar-refractivity contribution < 1.29 is 14.0 Å². The second kappa shape index (κ2) is 4.36. The van der Waals surface area contributed by atoms with E-state index in [0.717, 1.165) is 32.5 Å². The van der Waals surface area contributed by atoms with Crippen LogP contribution >= 0.6 is 0 Å². The van der Waals surface area contributed by atoms with Crippen LogP contribution in [0.5, 0.6) is 0 Å². The Kier molecular flexibility index (Phi) is 2.85. The Bertz CT molecular complexity index is 381. The summed E-state index contributed by atoms with van der Waals surface area (Å²) < 4.78 is 16.5. The van der Waals surface area contributed by atoms with Crippen molar-refractivity contribution in [1.29, 1.82) is 0 Å². The summed E-state index contributed by atoms with van der Waals surface area (Å²) >= 11 is 0. The third-order valence-corrected chi connectivity index (χ3v) is 3.34. The number of aromatic nitrogens is 2. The molecule has 6 heteroatoms. The van der Waals surface area contributed by atoms with Crippen molar-refractivity contribution in [1.82, 2.24) is 15.5 Å². The summed E-state index contributed by atoms with van der Waals surface area (Å²) in [5.41, 5.74) is -0.385. The third kappa shape index (κ3) is 2.08. The number of ether oxygens (including phenoxy) is 2. The fourth-order valence-corrected chi connectivity index (χ4v) is 2.26. The first-order valence-electron chi connectivity index (χ1n) is 6.08. The van der Waals surface area contributed by atoms with Crippen molar-refractivity contribution in [3.63, 3.8) is 0 Å². The maximum absolute atomic E-state index is 5.69. The van der Waals surface area contributed by atoms with Crippen LogP contribution in [-0.2, 0) is 15.1 Å². The van der Waals surface area contributed by atoms with E-state index in [0.29, 0.717) is 18.3 Å². The molecule has 1 aromatic rings. The zero-order chi connectivity index (χ0) is 11.7. The first kappa shape index (κ1) is 11.1. The molecule has 3 rings (SSSR count). The number of hydrogen-bond acceptors (Lipinski definition) is 6. The summed E-state index contributed by atoms with van der Waals surface area (Å²) in [5.74, 6) is 1.18. The number of nitrogens with zero attached hydrogens (tertiary/aromatic N) is 2. The number of nitrogens with one attached hydrogen (secondary N) is 1. The first-order chi connectivity index (χ1) is 8.28. The molecule has 3 heterocycles. The molecule has 1 N–H and O–H groups in total. The van der Waals surface area contributed by atoms with Gasteiger partial charge in [0.05, 0.1) is 6.61 Å². The molecule has 94 valence electrons. The largest absolute Gasteiger partial charge is 0.367 e. The molecule has 2 saturated heterocycles. The van der Waals surface area contributed by atoms with Gasteiger partial charge in [-0.2, -0.15) is 4.98 Å². The summed E-state index contributed by atoms with van der Waals surface area (Å²) in [5, 5.41) is 7.26. The van der Waals surface area contributed by atoms with Gasteiger partial charge in [0.25, 0.3) is 5.89 Å². The predicted molar refractivity (Wildman–Crippen MR) is 58.4 cm³/mol. The second-order valence-corrected chi connectivity index (χ2v) is 4.70. The quantitative estimate of drug-likeness (QED) is 0.821. The average Bonchev–Trinajstić information content (AvgIpc) is 2.99. The minimum atomic E-state index is -0.385. The third-order valence-electron chi connectivity index (χ3n) is 3.34. The second-order valence-electron chi connectivity index (χ2n) is 4.70. The van der Waals surface area contributed by atoms with E-state index in [-0.39, 0.29) is 11.7 Å². The zero-order valence-electron chi connectivity index (χ0n) is 9.94. The van der Waals surface area contributed by atoms with Gasteiger partial charge in [0.15, 0.2) is 0 Å². The number of hydrogen-bond donors (Lipinski definition) is 1. The fraction of sp³-hybridized carbons (Fsp3) is 0.818. The smallest absolute Gasteiger partial charge is 0.257 e. The van der Waals surface area contributed by atoms with Gasteiger partial charge in [0, 0.05) is 19.7 Å². The van der Waals surface area contributed by atoms with Crippen LogP contribution in [0, 0.1) is 0 Å². The minimum Gasteiger partial charge on any atom is -0.367 e. The van der Waals surface area contributed by atoms with Gasteiger partial charge in [-0.05, 0) is 19.8 Å². The molecule has 2 aliphatic heterocycles. The number of morpholine rings is 1. The Balaban J connectivity index is 1.77. The van der Waals surface area contributed by atoms with Crippen molar-refractivity contribution in [2.45, 2.75) is 31.5 Å². The van der Waals surface area contributed by atoms with E-state index in [1.165, 1.54) is 0 Å². The molecule has 0 amide bonds. The van der Waals surface area contributed by atoms with Gasteiger partial charge in [-0.1, -0.05) is 5.16 Å². The predicted octanol–water partition coefficient (Wildman–Crippen LogP) is 0.756. The van der Waals surface area contributed by atoms with Gasteiger partial charge in [-0.3, -0.25) is 0 Å². The fourth-order valence-electron chi connectivity index (χ4n) is 2.26. The highest BCUT2D eigenvalue weighted by atomic mass is 16.5. The van der Waals surface area contributed by atoms with Crippen LogP contribution in [0.3, 0.4) is 0 Å². The number of rotatable bonds is 2. The zero-order valence-corrected chi connectivity index (χ0v) is 9.94. The Morgan fingerprint density at radius 1 is 1.41 bits per heavy atom. The van der Waals surface area contributed by atoms with Crippen LogP contribution < -0.4 is 5.32 Å². The molecule has 0 aliphatic carbocycles. The summed E-state index contributed by atoms with van der Waals surface area (Å²) in [7, 11) is 0. The van der Waals surface area contributed by atoms with Crippen molar-refractivity contribution in [2.75, 3.05) is 26.3 Å². The molecular weight excluding hydrogens is 222 g/mol. The van der Waals surface area contributed by atoms with Gasteiger partial charge in [0.2, 0.25) is 5.82 Å². The molecule has 0 spiro atoms. The van der Waals surface area contributed by atoms with Crippen molar-refractivity contribution in [3.8, 4) is 0 Å². The lowest BCUT2D eigenvalue weighted by Gasteiger charge is -2.20. The summed E-state index contributed by atoms with van der Waals surface area (Å²) in [6, 6.07) is 0. The van der Waals surface area contributed by atoms with E-state index in [1.807, 2.05) is 6.92 Å². The Morgan fingerprint density at radius 3 is 3.06 bits per heavy atom. The maximum atomic E-state index is 5.69. The highest BCUT2D eigenvalue weighted by Crippen LogP contribution is 2.34. The molecule has 2 fully saturated rings. The van der Waals surface area contributed by atoms with Gasteiger partial charge < -0.3 is 19.3 Å². The highest BCUT2D eigenvalue weighted by Gasteiger charge is 2.37. The summed E-state index contributed by atoms with van der Waals surface area (Å²) in [6.07, 6.45) is 1.85. The Morgan fingerprint density at radius 2 is 2.35 bits per heavy atom. The topological polar surface area (TPSA) is 69.4 Å². The molecule has 0 radical (unpaired) electrons. The summed E-state index contributed by atoms with van der Waals surface area (Å²) in [6.45, 7) is 5.05. The summed E-state index contributed by atoms with van der Waals surface area (Å²) in [4.78, 5) is 4.42. The lowest BCUT2D eigenvalue weighted by molar-refractivity contribution is 0.00691. The highest BCUT2D eigenvalue weighted by molar-refractivity contribution is 5.03.